The summed E-state index contributed by atoms with van der Waals surface area (Å²) in [4.78, 5) is 41.9. The molecule has 4 aromatic rings. The molecule has 1 atom stereocenters. The third-order valence-electron chi connectivity index (χ3n) is 6.36. The zero-order valence-corrected chi connectivity index (χ0v) is 23.4. The molecule has 0 saturated carbocycles. The van der Waals surface area contributed by atoms with Gasteiger partial charge in [-0.2, -0.15) is 13.2 Å². The molecule has 12 heteroatoms. The topological polar surface area (TPSA) is 107 Å². The van der Waals surface area contributed by atoms with Crippen LogP contribution in [0.15, 0.2) is 91.1 Å². The van der Waals surface area contributed by atoms with E-state index in [-0.39, 0.29) is 35.5 Å². The van der Waals surface area contributed by atoms with Gasteiger partial charge in [0.25, 0.3) is 5.91 Å². The van der Waals surface area contributed by atoms with Crippen LogP contribution in [0, 0.1) is 12.7 Å². The molecule has 0 bridgehead atoms. The molecule has 0 aliphatic heterocycles. The van der Waals surface area contributed by atoms with Crippen LogP contribution >= 0.6 is 0 Å². The maximum atomic E-state index is 14.6. The molecule has 0 fully saturated rings. The Hall–Kier alpha value is -5.26. The van der Waals surface area contributed by atoms with E-state index in [9.17, 15) is 31.9 Å². The van der Waals surface area contributed by atoms with Crippen molar-refractivity contribution in [2.45, 2.75) is 32.4 Å². The molecule has 4 rings (SSSR count). The maximum absolute atomic E-state index is 14.6. The van der Waals surface area contributed by atoms with E-state index in [1.54, 1.807) is 60.7 Å². The molecule has 0 spiro atoms. The number of hydrogen-bond donors (Lipinski definition) is 2. The molecule has 228 valence electrons. The Kier molecular flexibility index (Phi) is 10.3. The lowest BCUT2D eigenvalue weighted by Crippen LogP contribution is -2.49. The molecule has 3 aromatic carbocycles. The average Bonchev–Trinajstić information content (AvgIpc) is 3.00. The summed E-state index contributed by atoms with van der Waals surface area (Å²) < 4.78 is 66.1. The Morgan fingerprint density at radius 1 is 0.864 bits per heavy atom. The molecule has 44 heavy (non-hydrogen) atoms. The second kappa shape index (κ2) is 14.3. The van der Waals surface area contributed by atoms with Crippen molar-refractivity contribution in [1.82, 2.24) is 15.6 Å². The average molecular weight is 610 g/mol. The Bertz CT molecular complexity index is 1620. The molecule has 8 nitrogen and oxygen atoms in total. The number of halogens is 4. The van der Waals surface area contributed by atoms with E-state index in [1.807, 2.05) is 0 Å². The zero-order chi connectivity index (χ0) is 31.7. The zero-order valence-electron chi connectivity index (χ0n) is 23.4. The molecule has 0 saturated heterocycles. The van der Waals surface area contributed by atoms with Gasteiger partial charge >= 0.3 is 18.2 Å². The quantitative estimate of drug-likeness (QED) is 0.169. The molecule has 1 heterocycles. The SMILES string of the molecule is Cc1ccnc(C(F)(F)F)c1-c1cc(F)cc(C(=O)NC[C@@H](NC(=O)OCc2ccccc2)C(=O)OCc2ccccc2)c1. The van der Waals surface area contributed by atoms with Gasteiger partial charge < -0.3 is 20.1 Å². The summed E-state index contributed by atoms with van der Waals surface area (Å²) in [6, 6.07) is 20.2. The lowest BCUT2D eigenvalue weighted by molar-refractivity contribution is -0.147. The van der Waals surface area contributed by atoms with Gasteiger partial charge in [-0.25, -0.2) is 14.0 Å². The summed E-state index contributed by atoms with van der Waals surface area (Å²) in [5.41, 5.74) is -0.601. The second-order valence-corrected chi connectivity index (χ2v) is 9.64. The van der Waals surface area contributed by atoms with Crippen molar-refractivity contribution in [2.24, 2.45) is 0 Å². The van der Waals surface area contributed by atoms with Crippen LogP contribution in [0.5, 0.6) is 0 Å². The van der Waals surface area contributed by atoms with Gasteiger partial charge in [-0.3, -0.25) is 9.78 Å². The minimum Gasteiger partial charge on any atom is -0.459 e. The largest absolute Gasteiger partial charge is 0.459 e. The van der Waals surface area contributed by atoms with Crippen LogP contribution in [0.1, 0.15) is 32.7 Å². The van der Waals surface area contributed by atoms with Crippen LogP contribution in [0.2, 0.25) is 0 Å². The molecule has 0 aliphatic rings. The molecule has 2 amide bonds. The summed E-state index contributed by atoms with van der Waals surface area (Å²) in [7, 11) is 0. The summed E-state index contributed by atoms with van der Waals surface area (Å²) in [6.07, 6.45) is -4.81. The van der Waals surface area contributed by atoms with Crippen LogP contribution in [-0.2, 0) is 33.7 Å². The number of hydrogen-bond acceptors (Lipinski definition) is 6. The number of aromatic nitrogens is 1. The van der Waals surface area contributed by atoms with E-state index in [0.717, 1.165) is 24.4 Å². The van der Waals surface area contributed by atoms with Gasteiger partial charge in [0.1, 0.15) is 25.1 Å². The van der Waals surface area contributed by atoms with Gasteiger partial charge in [0, 0.05) is 23.9 Å². The van der Waals surface area contributed by atoms with E-state index in [1.165, 1.54) is 13.0 Å². The molecular formula is C32H27F4N3O5. The number of benzene rings is 3. The number of ether oxygens (including phenoxy) is 2. The number of aryl methyl sites for hydroxylation is 1. The van der Waals surface area contributed by atoms with Gasteiger partial charge in [0.2, 0.25) is 0 Å². The van der Waals surface area contributed by atoms with Crippen LogP contribution in [0.25, 0.3) is 11.1 Å². The number of rotatable bonds is 10. The Balaban J connectivity index is 1.50. The third-order valence-corrected chi connectivity index (χ3v) is 6.36. The highest BCUT2D eigenvalue weighted by Gasteiger charge is 2.36. The summed E-state index contributed by atoms with van der Waals surface area (Å²) >= 11 is 0. The predicted molar refractivity (Wildman–Crippen MR) is 151 cm³/mol. The first-order valence-electron chi connectivity index (χ1n) is 13.3. The van der Waals surface area contributed by atoms with Crippen molar-refractivity contribution in [3.63, 3.8) is 0 Å². The van der Waals surface area contributed by atoms with Crippen LogP contribution in [-0.4, -0.2) is 35.5 Å². The molecule has 0 unspecified atom stereocenters. The minimum absolute atomic E-state index is 0.0927. The fourth-order valence-electron chi connectivity index (χ4n) is 4.23. The van der Waals surface area contributed by atoms with Gasteiger partial charge in [-0.1, -0.05) is 60.7 Å². The van der Waals surface area contributed by atoms with Crippen molar-refractivity contribution < 1.29 is 41.4 Å². The first-order chi connectivity index (χ1) is 21.0. The number of esters is 1. The normalized spacial score (nSPS) is 11.8. The fourth-order valence-corrected chi connectivity index (χ4v) is 4.23. The van der Waals surface area contributed by atoms with Gasteiger partial charge in [-0.05, 0) is 53.4 Å². The third kappa shape index (κ3) is 8.63. The first-order valence-corrected chi connectivity index (χ1v) is 13.3. The van der Waals surface area contributed by atoms with Crippen molar-refractivity contribution in [2.75, 3.05) is 6.54 Å². The van der Waals surface area contributed by atoms with Crippen molar-refractivity contribution in [1.29, 1.82) is 0 Å². The Morgan fingerprint density at radius 2 is 1.48 bits per heavy atom. The summed E-state index contributed by atoms with van der Waals surface area (Å²) in [5, 5.41) is 4.76. The number of nitrogens with one attached hydrogen (secondary N) is 2. The highest BCUT2D eigenvalue weighted by Crippen LogP contribution is 2.37. The number of carbonyl (C=O) groups excluding carboxylic acids is 3. The number of carbonyl (C=O) groups is 3. The van der Waals surface area contributed by atoms with Crippen molar-refractivity contribution in [3.8, 4) is 11.1 Å². The molecule has 0 radical (unpaired) electrons. The molecular weight excluding hydrogens is 582 g/mol. The van der Waals surface area contributed by atoms with Crippen LogP contribution in [0.3, 0.4) is 0 Å². The van der Waals surface area contributed by atoms with E-state index in [2.05, 4.69) is 15.6 Å². The Morgan fingerprint density at radius 3 is 2.09 bits per heavy atom. The summed E-state index contributed by atoms with van der Waals surface area (Å²) in [6.45, 7) is 0.693. The molecule has 2 N–H and O–H groups in total. The smallest absolute Gasteiger partial charge is 0.433 e. The van der Waals surface area contributed by atoms with Gasteiger partial charge in [0.05, 0.1) is 0 Å². The highest BCUT2D eigenvalue weighted by atomic mass is 19.4. The molecule has 1 aromatic heterocycles. The second-order valence-electron chi connectivity index (χ2n) is 9.64. The Labute approximate surface area is 250 Å². The number of nitrogens with zero attached hydrogens (tertiary/aromatic N) is 1. The number of alkyl halides is 3. The van der Waals surface area contributed by atoms with Crippen LogP contribution < -0.4 is 10.6 Å². The minimum atomic E-state index is -4.83. The number of alkyl carbamates (subject to hydrolysis) is 1. The maximum Gasteiger partial charge on any atom is 0.433 e. The van der Waals surface area contributed by atoms with Gasteiger partial charge in [0.15, 0.2) is 5.69 Å². The number of amides is 2. The first kappa shape index (κ1) is 31.7. The standard InChI is InChI=1S/C32H27F4N3O5/c1-20-12-13-37-28(32(34,35)36)27(20)23-14-24(16-25(33)15-23)29(40)38-17-26(30(41)43-18-21-8-4-2-5-9-21)39-31(42)44-19-22-10-6-3-7-11-22/h2-16,26H,17-19H2,1H3,(H,38,40)(H,39,42)/t26-/m1/s1. The number of pyridine rings is 1. The predicted octanol–water partition coefficient (Wildman–Crippen LogP) is 5.98. The summed E-state index contributed by atoms with van der Waals surface area (Å²) in [5.74, 6) is -2.78. The van der Waals surface area contributed by atoms with E-state index in [4.69, 9.17) is 9.47 Å². The lowest BCUT2D eigenvalue weighted by Gasteiger charge is -2.19. The van der Waals surface area contributed by atoms with E-state index in [0.29, 0.717) is 11.1 Å². The van der Waals surface area contributed by atoms with E-state index < -0.39 is 48.2 Å². The van der Waals surface area contributed by atoms with E-state index >= 15 is 0 Å². The van der Waals surface area contributed by atoms with Crippen molar-refractivity contribution in [3.05, 3.63) is 125 Å². The van der Waals surface area contributed by atoms with Crippen molar-refractivity contribution >= 4 is 18.0 Å². The molecule has 0 aliphatic carbocycles. The van der Waals surface area contributed by atoms with Crippen LogP contribution in [0.4, 0.5) is 22.4 Å². The fraction of sp³-hybridized carbons (Fsp3) is 0.188. The monoisotopic (exact) mass is 609 g/mol. The highest BCUT2D eigenvalue weighted by molar-refractivity contribution is 5.96. The lowest BCUT2D eigenvalue weighted by atomic mass is 9.96. The van der Waals surface area contributed by atoms with Gasteiger partial charge in [-0.15, -0.1) is 0 Å².